The van der Waals surface area contributed by atoms with E-state index in [1.807, 2.05) is 12.1 Å². The summed E-state index contributed by atoms with van der Waals surface area (Å²) in [4.78, 5) is 0. The van der Waals surface area contributed by atoms with Gasteiger partial charge >= 0.3 is 14.2 Å². The Balaban J connectivity index is 1.79. The molecule has 0 bridgehead atoms. The zero-order valence-corrected chi connectivity index (χ0v) is 23.2. The lowest BCUT2D eigenvalue weighted by atomic mass is 9.78. The zero-order valence-electron chi connectivity index (χ0n) is 22.4. The molecule has 0 radical (unpaired) electrons. The molecule has 0 aliphatic rings. The normalized spacial score (nSPS) is 11.4. The fourth-order valence-corrected chi connectivity index (χ4v) is 5.81. The topological polar surface area (TPSA) is 99.4 Å². The van der Waals surface area contributed by atoms with Crippen molar-refractivity contribution in [1.29, 1.82) is 0 Å². The molecule has 0 saturated carbocycles. The Labute approximate surface area is 225 Å². The van der Waals surface area contributed by atoms with E-state index in [0.717, 1.165) is 45.9 Å². The summed E-state index contributed by atoms with van der Waals surface area (Å²) in [6.07, 6.45) is 13.8. The Hall–Kier alpha value is -1.77. The quantitative estimate of drug-likeness (QED) is 0.139. The lowest BCUT2D eigenvalue weighted by molar-refractivity contribution is 0.305. The highest BCUT2D eigenvalue weighted by Crippen LogP contribution is 2.37. The van der Waals surface area contributed by atoms with Crippen molar-refractivity contribution in [2.75, 3.05) is 13.2 Å². The molecule has 0 aliphatic heterocycles. The second kappa shape index (κ2) is 15.6. The number of rotatable bonds is 18. The van der Waals surface area contributed by atoms with Crippen LogP contribution in [0.1, 0.15) is 90.9 Å². The molecular weight excluding hydrogens is 486 g/mol. The minimum Gasteiger partial charge on any atom is -0.494 e. The van der Waals surface area contributed by atoms with Gasteiger partial charge in [0.1, 0.15) is 11.5 Å². The largest absolute Gasteiger partial charge is 0.494 e. The van der Waals surface area contributed by atoms with Crippen LogP contribution < -0.4 is 20.4 Å². The van der Waals surface area contributed by atoms with Gasteiger partial charge in [-0.1, -0.05) is 78.1 Å². The average molecular weight is 528 g/mol. The number of hydrogen-bond acceptors (Lipinski definition) is 7. The van der Waals surface area contributed by atoms with Gasteiger partial charge in [-0.3, -0.25) is 0 Å². The third kappa shape index (κ3) is 8.62. The van der Waals surface area contributed by atoms with Crippen molar-refractivity contribution >= 4 is 56.7 Å². The third-order valence-electron chi connectivity index (χ3n) is 6.80. The fraction of sp³-hybridized carbons (Fsp3) is 0.571. The minimum atomic E-state index is -1.64. The molecule has 3 rings (SSSR count). The predicted octanol–water partition coefficient (Wildman–Crippen LogP) is 4.89. The van der Waals surface area contributed by atoms with Crippen LogP contribution in [0.15, 0.2) is 24.3 Å². The number of hydrogen-bond donors (Lipinski definition) is 4. The molecule has 0 aliphatic carbocycles. The van der Waals surface area contributed by atoms with Crippen molar-refractivity contribution in [3.8, 4) is 11.5 Å². The monoisotopic (exact) mass is 528 g/mol. The molecular formula is C28H42B2O6S. The van der Waals surface area contributed by atoms with Crippen molar-refractivity contribution in [2.24, 2.45) is 0 Å². The predicted molar refractivity (Wildman–Crippen MR) is 157 cm³/mol. The highest BCUT2D eigenvalue weighted by molar-refractivity contribution is 7.26. The maximum absolute atomic E-state index is 9.98. The second-order valence-corrected chi connectivity index (χ2v) is 10.9. The Morgan fingerprint density at radius 1 is 0.568 bits per heavy atom. The Morgan fingerprint density at radius 3 is 1.32 bits per heavy atom. The van der Waals surface area contributed by atoms with Crippen LogP contribution in [-0.2, 0) is 0 Å². The van der Waals surface area contributed by atoms with Gasteiger partial charge in [-0.05, 0) is 37.1 Å². The summed E-state index contributed by atoms with van der Waals surface area (Å²) in [5, 5.41) is 41.8. The first-order valence-electron chi connectivity index (χ1n) is 14.0. The zero-order chi connectivity index (χ0) is 26.6. The number of thiophene rings is 1. The minimum absolute atomic E-state index is 0.340. The van der Waals surface area contributed by atoms with Gasteiger partial charge in [-0.25, -0.2) is 0 Å². The van der Waals surface area contributed by atoms with Gasteiger partial charge < -0.3 is 29.6 Å². The SMILES string of the molecule is CCCCCCCCOc1cc2c(cc1B(O)O)sc1cc(B(O)O)c(OCCCCCCCC)cc12. The van der Waals surface area contributed by atoms with Crippen LogP contribution in [0, 0.1) is 0 Å². The fourth-order valence-electron chi connectivity index (χ4n) is 4.64. The molecule has 0 fully saturated rings. The van der Waals surface area contributed by atoms with Crippen LogP contribution in [0.5, 0.6) is 11.5 Å². The number of fused-ring (bicyclic) bond motifs is 3. The van der Waals surface area contributed by atoms with E-state index in [2.05, 4.69) is 13.8 Å². The summed E-state index contributed by atoms with van der Waals surface area (Å²) in [5.74, 6) is 0.938. The van der Waals surface area contributed by atoms with Gasteiger partial charge in [0.15, 0.2) is 0 Å². The molecule has 0 spiro atoms. The van der Waals surface area contributed by atoms with Gasteiger partial charge in [-0.2, -0.15) is 0 Å². The Morgan fingerprint density at radius 2 is 0.946 bits per heavy atom. The van der Waals surface area contributed by atoms with Crippen molar-refractivity contribution < 1.29 is 29.6 Å². The smallest absolute Gasteiger partial charge is 0.492 e. The first kappa shape index (κ1) is 29.8. The molecule has 1 heterocycles. The lowest BCUT2D eigenvalue weighted by Gasteiger charge is -2.13. The molecule has 4 N–H and O–H groups in total. The van der Waals surface area contributed by atoms with Crippen LogP contribution in [0.4, 0.5) is 0 Å². The van der Waals surface area contributed by atoms with Crippen LogP contribution >= 0.6 is 11.3 Å². The van der Waals surface area contributed by atoms with Crippen molar-refractivity contribution in [3.63, 3.8) is 0 Å². The molecule has 0 amide bonds. The van der Waals surface area contributed by atoms with Gasteiger partial charge in [0.05, 0.1) is 13.2 Å². The molecule has 3 aromatic rings. The van der Waals surface area contributed by atoms with Crippen LogP contribution in [0.25, 0.3) is 20.2 Å². The number of ether oxygens (including phenoxy) is 2. The molecule has 9 heteroatoms. The average Bonchev–Trinajstić information content (AvgIpc) is 3.23. The van der Waals surface area contributed by atoms with E-state index in [9.17, 15) is 20.1 Å². The highest BCUT2D eigenvalue weighted by Gasteiger charge is 2.23. The highest BCUT2D eigenvalue weighted by atomic mass is 32.1. The molecule has 2 aromatic carbocycles. The first-order chi connectivity index (χ1) is 18.0. The summed E-state index contributed by atoms with van der Waals surface area (Å²) in [7, 11) is -3.28. The van der Waals surface area contributed by atoms with Gasteiger partial charge in [0.25, 0.3) is 0 Å². The molecule has 0 atom stereocenters. The summed E-state index contributed by atoms with van der Waals surface area (Å²) in [5.41, 5.74) is 0.680. The van der Waals surface area contributed by atoms with Gasteiger partial charge in [0, 0.05) is 31.1 Å². The van der Waals surface area contributed by atoms with E-state index in [0.29, 0.717) is 35.6 Å². The van der Waals surface area contributed by atoms with Crippen molar-refractivity contribution in [2.45, 2.75) is 90.9 Å². The maximum Gasteiger partial charge on any atom is 0.492 e. The Kier molecular flexibility index (Phi) is 12.6. The lowest BCUT2D eigenvalue weighted by Crippen LogP contribution is -2.31. The molecule has 6 nitrogen and oxygen atoms in total. The van der Waals surface area contributed by atoms with E-state index in [1.54, 1.807) is 12.1 Å². The van der Waals surface area contributed by atoms with E-state index >= 15 is 0 Å². The van der Waals surface area contributed by atoms with E-state index in [4.69, 9.17) is 9.47 Å². The summed E-state index contributed by atoms with van der Waals surface area (Å²) < 4.78 is 13.8. The second-order valence-electron chi connectivity index (χ2n) is 9.85. The van der Waals surface area contributed by atoms with Crippen LogP contribution in [0.3, 0.4) is 0 Å². The molecule has 0 saturated heterocycles. The standard InChI is InChI=1S/C28H42B2O6S/c1-3-5-7-9-11-13-15-35-25-17-21-22-18-26(36-16-14-12-10-8-6-4-2)24(30(33)34)20-28(22)37-27(21)19-23(25)29(31)32/h17-20,31-34H,3-16H2,1-2H3. The van der Waals surface area contributed by atoms with E-state index < -0.39 is 14.2 Å². The molecule has 0 unspecified atom stereocenters. The summed E-state index contributed by atoms with van der Waals surface area (Å²) in [6.45, 7) is 5.44. The van der Waals surface area contributed by atoms with Crippen molar-refractivity contribution in [3.05, 3.63) is 24.3 Å². The molecule has 1 aromatic heterocycles. The number of unbranched alkanes of at least 4 members (excludes halogenated alkanes) is 10. The first-order valence-corrected chi connectivity index (χ1v) is 14.8. The summed E-state index contributed by atoms with van der Waals surface area (Å²) >= 11 is 1.47. The van der Waals surface area contributed by atoms with Crippen molar-refractivity contribution in [1.82, 2.24) is 0 Å². The number of benzene rings is 2. The molecule has 202 valence electrons. The Bertz CT molecular complexity index is 1020. The van der Waals surface area contributed by atoms with Crippen LogP contribution in [0.2, 0.25) is 0 Å². The van der Waals surface area contributed by atoms with Crippen LogP contribution in [-0.4, -0.2) is 47.5 Å². The van der Waals surface area contributed by atoms with Gasteiger partial charge in [-0.15, -0.1) is 11.3 Å². The van der Waals surface area contributed by atoms with E-state index in [-0.39, 0.29) is 0 Å². The maximum atomic E-state index is 9.98. The third-order valence-corrected chi connectivity index (χ3v) is 7.92. The van der Waals surface area contributed by atoms with E-state index in [1.165, 1.54) is 62.7 Å². The summed E-state index contributed by atoms with van der Waals surface area (Å²) in [6, 6.07) is 7.25. The molecule has 37 heavy (non-hydrogen) atoms. The van der Waals surface area contributed by atoms with Gasteiger partial charge in [0.2, 0.25) is 0 Å².